The number of benzene rings is 1. The van der Waals surface area contributed by atoms with Gasteiger partial charge in [-0.15, -0.1) is 0 Å². The lowest BCUT2D eigenvalue weighted by atomic mass is 10.2. The summed E-state index contributed by atoms with van der Waals surface area (Å²) in [6, 6.07) is 7.30. The van der Waals surface area contributed by atoms with E-state index in [9.17, 15) is 4.79 Å². The van der Waals surface area contributed by atoms with E-state index < -0.39 is 0 Å². The molecule has 0 N–H and O–H groups in total. The number of carbonyl (C=O) groups is 1. The number of halogens is 1. The Morgan fingerprint density at radius 2 is 2.20 bits per heavy atom. The Morgan fingerprint density at radius 1 is 1.30 bits per heavy atom. The molecule has 2 heterocycles. The fourth-order valence-corrected chi connectivity index (χ4v) is 2.26. The van der Waals surface area contributed by atoms with E-state index in [1.54, 1.807) is 17.0 Å². The van der Waals surface area contributed by atoms with Crippen molar-refractivity contribution in [1.29, 1.82) is 0 Å². The summed E-state index contributed by atoms with van der Waals surface area (Å²) < 4.78 is 0. The SMILES string of the molecule is O=C(c1cnccn1)N1CCN=C1c1cccc(Cl)c1. The third-order valence-corrected chi connectivity index (χ3v) is 3.19. The summed E-state index contributed by atoms with van der Waals surface area (Å²) in [7, 11) is 0. The fraction of sp³-hybridized carbons (Fsp3) is 0.143. The van der Waals surface area contributed by atoms with Gasteiger partial charge in [0.25, 0.3) is 5.91 Å². The standard InChI is InChI=1S/C14H11ClN4O/c15-11-3-1-2-10(8-11)13-18-6-7-19(13)14(20)12-9-16-4-5-17-12/h1-5,8-9H,6-7H2. The number of carbonyl (C=O) groups excluding carboxylic acids is 1. The van der Waals surface area contributed by atoms with Crippen molar-refractivity contribution >= 4 is 23.3 Å². The van der Waals surface area contributed by atoms with Gasteiger partial charge in [0.2, 0.25) is 0 Å². The number of aromatic nitrogens is 2. The highest BCUT2D eigenvalue weighted by atomic mass is 35.5. The van der Waals surface area contributed by atoms with Crippen molar-refractivity contribution in [1.82, 2.24) is 14.9 Å². The Balaban J connectivity index is 1.91. The molecule has 0 fully saturated rings. The van der Waals surface area contributed by atoms with Crippen LogP contribution in [0.15, 0.2) is 47.8 Å². The third kappa shape index (κ3) is 2.40. The number of nitrogens with zero attached hydrogens (tertiary/aromatic N) is 4. The molecule has 0 unspecified atom stereocenters. The largest absolute Gasteiger partial charge is 0.289 e. The molecule has 0 radical (unpaired) electrons. The van der Waals surface area contributed by atoms with E-state index in [1.807, 2.05) is 12.1 Å². The Kier molecular flexibility index (Phi) is 3.43. The van der Waals surface area contributed by atoms with Crippen molar-refractivity contribution in [2.45, 2.75) is 0 Å². The molecule has 6 heteroatoms. The Bertz CT molecular complexity index is 672. The molecule has 2 aromatic rings. The second-order valence-electron chi connectivity index (χ2n) is 4.26. The van der Waals surface area contributed by atoms with Crippen LogP contribution in [0.3, 0.4) is 0 Å². The van der Waals surface area contributed by atoms with Crippen molar-refractivity contribution in [2.24, 2.45) is 4.99 Å². The van der Waals surface area contributed by atoms with Crippen LogP contribution in [0.1, 0.15) is 16.1 Å². The zero-order valence-corrected chi connectivity index (χ0v) is 11.3. The Labute approximate surface area is 121 Å². The van der Waals surface area contributed by atoms with E-state index in [2.05, 4.69) is 15.0 Å². The zero-order valence-electron chi connectivity index (χ0n) is 10.5. The molecule has 1 aliphatic heterocycles. The summed E-state index contributed by atoms with van der Waals surface area (Å²) in [6.45, 7) is 1.12. The van der Waals surface area contributed by atoms with Gasteiger partial charge in [0.05, 0.1) is 12.7 Å². The highest BCUT2D eigenvalue weighted by Gasteiger charge is 2.26. The minimum Gasteiger partial charge on any atom is -0.289 e. The quantitative estimate of drug-likeness (QED) is 0.849. The molecule has 20 heavy (non-hydrogen) atoms. The highest BCUT2D eigenvalue weighted by molar-refractivity contribution is 6.31. The molecule has 0 spiro atoms. The summed E-state index contributed by atoms with van der Waals surface area (Å²) >= 11 is 5.99. The Hall–Kier alpha value is -2.27. The van der Waals surface area contributed by atoms with Crippen molar-refractivity contribution in [3.63, 3.8) is 0 Å². The molecule has 0 saturated carbocycles. The molecule has 0 bridgehead atoms. The number of aliphatic imine (C=N–C) groups is 1. The number of amidine groups is 1. The molecule has 1 aliphatic rings. The first-order valence-electron chi connectivity index (χ1n) is 6.14. The summed E-state index contributed by atoms with van der Waals surface area (Å²) in [5.74, 6) is 0.428. The van der Waals surface area contributed by atoms with E-state index in [0.717, 1.165) is 5.56 Å². The van der Waals surface area contributed by atoms with Crippen molar-refractivity contribution < 1.29 is 4.79 Å². The maximum Gasteiger partial charge on any atom is 0.279 e. The third-order valence-electron chi connectivity index (χ3n) is 2.95. The van der Waals surface area contributed by atoms with E-state index in [0.29, 0.717) is 29.6 Å². The van der Waals surface area contributed by atoms with Gasteiger partial charge in [-0.25, -0.2) is 4.98 Å². The number of amides is 1. The molecule has 3 rings (SSSR count). The van der Waals surface area contributed by atoms with Gasteiger partial charge in [0.1, 0.15) is 11.5 Å². The van der Waals surface area contributed by atoms with Gasteiger partial charge in [0.15, 0.2) is 0 Å². The van der Waals surface area contributed by atoms with E-state index in [1.165, 1.54) is 18.6 Å². The molecular formula is C14H11ClN4O. The van der Waals surface area contributed by atoms with Gasteiger partial charge in [-0.2, -0.15) is 0 Å². The predicted octanol–water partition coefficient (Wildman–Crippen LogP) is 2.03. The van der Waals surface area contributed by atoms with Gasteiger partial charge in [-0.05, 0) is 12.1 Å². The van der Waals surface area contributed by atoms with Crippen molar-refractivity contribution in [3.8, 4) is 0 Å². The van der Waals surface area contributed by atoms with Crippen LogP contribution < -0.4 is 0 Å². The van der Waals surface area contributed by atoms with E-state index in [-0.39, 0.29) is 5.91 Å². The average molecular weight is 287 g/mol. The maximum atomic E-state index is 12.4. The molecule has 0 saturated heterocycles. The molecule has 1 aromatic carbocycles. The minimum atomic E-state index is -0.200. The average Bonchev–Trinajstić information content (AvgIpc) is 2.97. The zero-order chi connectivity index (χ0) is 13.9. The smallest absolute Gasteiger partial charge is 0.279 e. The molecule has 1 amide bonds. The molecule has 5 nitrogen and oxygen atoms in total. The van der Waals surface area contributed by atoms with Crippen LogP contribution >= 0.6 is 11.6 Å². The van der Waals surface area contributed by atoms with Crippen LogP contribution in [-0.4, -0.2) is 39.7 Å². The first-order chi connectivity index (χ1) is 9.75. The van der Waals surface area contributed by atoms with Gasteiger partial charge in [0, 0.05) is 29.5 Å². The molecular weight excluding hydrogens is 276 g/mol. The van der Waals surface area contributed by atoms with Gasteiger partial charge in [-0.1, -0.05) is 23.7 Å². The fourth-order valence-electron chi connectivity index (χ4n) is 2.07. The van der Waals surface area contributed by atoms with Crippen molar-refractivity contribution in [3.05, 3.63) is 59.1 Å². The first-order valence-corrected chi connectivity index (χ1v) is 6.52. The number of hydrogen-bond donors (Lipinski definition) is 0. The summed E-state index contributed by atoms with van der Waals surface area (Å²) in [5, 5.41) is 0.615. The molecule has 100 valence electrons. The maximum absolute atomic E-state index is 12.4. The number of hydrogen-bond acceptors (Lipinski definition) is 4. The highest BCUT2D eigenvalue weighted by Crippen LogP contribution is 2.17. The van der Waals surface area contributed by atoms with Crippen LogP contribution in [0, 0.1) is 0 Å². The van der Waals surface area contributed by atoms with Crippen LogP contribution in [0.4, 0.5) is 0 Å². The first kappa shape index (κ1) is 12.7. The normalized spacial score (nSPS) is 14.2. The minimum absolute atomic E-state index is 0.200. The summed E-state index contributed by atoms with van der Waals surface area (Å²) in [5.41, 5.74) is 1.14. The lowest BCUT2D eigenvalue weighted by Gasteiger charge is -2.17. The molecule has 0 aliphatic carbocycles. The second kappa shape index (κ2) is 5.38. The van der Waals surface area contributed by atoms with Gasteiger partial charge < -0.3 is 0 Å². The second-order valence-corrected chi connectivity index (χ2v) is 4.70. The van der Waals surface area contributed by atoms with E-state index >= 15 is 0 Å². The number of rotatable bonds is 2. The topological polar surface area (TPSA) is 58.5 Å². The lowest BCUT2D eigenvalue weighted by Crippen LogP contribution is -2.35. The predicted molar refractivity (Wildman–Crippen MR) is 75.9 cm³/mol. The van der Waals surface area contributed by atoms with Crippen molar-refractivity contribution in [2.75, 3.05) is 13.1 Å². The summed E-state index contributed by atoms with van der Waals surface area (Å²) in [6.07, 6.45) is 4.49. The molecule has 0 atom stereocenters. The lowest BCUT2D eigenvalue weighted by molar-refractivity contribution is 0.0852. The van der Waals surface area contributed by atoms with Crippen LogP contribution in [0.2, 0.25) is 5.02 Å². The van der Waals surface area contributed by atoms with E-state index in [4.69, 9.17) is 11.6 Å². The van der Waals surface area contributed by atoms with Gasteiger partial charge >= 0.3 is 0 Å². The van der Waals surface area contributed by atoms with Crippen LogP contribution in [0.25, 0.3) is 0 Å². The summed E-state index contributed by atoms with van der Waals surface area (Å²) in [4.78, 5) is 26.4. The van der Waals surface area contributed by atoms with Crippen LogP contribution in [0.5, 0.6) is 0 Å². The molecule has 1 aromatic heterocycles. The van der Waals surface area contributed by atoms with Gasteiger partial charge in [-0.3, -0.25) is 19.7 Å². The van der Waals surface area contributed by atoms with Crippen LogP contribution in [-0.2, 0) is 0 Å². The monoisotopic (exact) mass is 286 g/mol. The Morgan fingerprint density at radius 3 is 2.95 bits per heavy atom.